The van der Waals surface area contributed by atoms with Crippen molar-refractivity contribution in [2.75, 3.05) is 28.2 Å². The number of thiophene rings is 4. The molecular weight excluding hydrogens is 857 g/mol. The highest BCUT2D eigenvalue weighted by molar-refractivity contribution is 7.23. The minimum absolute atomic E-state index is 0.0248. The fourth-order valence-electron chi connectivity index (χ4n) is 8.35. The van der Waals surface area contributed by atoms with Crippen LogP contribution in [-0.2, 0) is 19.2 Å². The lowest BCUT2D eigenvalue weighted by Gasteiger charge is -2.28. The first-order chi connectivity index (χ1) is 29.5. The third-order valence-corrected chi connectivity index (χ3v) is 15.8. The van der Waals surface area contributed by atoms with Crippen LogP contribution in [-0.4, -0.2) is 83.5 Å². The Bertz CT molecular complexity index is 3090. The van der Waals surface area contributed by atoms with Gasteiger partial charge in [0.25, 0.3) is 23.6 Å². The lowest BCUT2D eigenvalue weighted by atomic mass is 9.87. The summed E-state index contributed by atoms with van der Waals surface area (Å²) < 4.78 is 4.97. The highest BCUT2D eigenvalue weighted by atomic mass is 32.1. The van der Waals surface area contributed by atoms with Gasteiger partial charge in [-0.3, -0.25) is 38.8 Å². The molecule has 0 radical (unpaired) electrons. The first kappa shape index (κ1) is 41.1. The zero-order valence-corrected chi connectivity index (χ0v) is 38.2. The van der Waals surface area contributed by atoms with Crippen LogP contribution in [0.3, 0.4) is 0 Å². The average molecular weight is 895 g/mol. The molecule has 310 valence electrons. The molecule has 2 aliphatic rings. The van der Waals surface area contributed by atoms with E-state index >= 15 is 0 Å². The van der Waals surface area contributed by atoms with Gasteiger partial charge in [-0.25, -0.2) is 9.59 Å². The molecule has 0 aliphatic carbocycles. The van der Waals surface area contributed by atoms with E-state index < -0.39 is 35.7 Å². The summed E-state index contributed by atoms with van der Waals surface area (Å²) in [6, 6.07) is 23.2. The molecule has 10 nitrogen and oxygen atoms in total. The molecule has 0 bridgehead atoms. The van der Waals surface area contributed by atoms with E-state index in [1.807, 2.05) is 12.1 Å². The number of aryl methyl sites for hydroxylation is 4. The SMILES string of the molecule is Cc1cccc(C)c1-c1c2cc(/C=c3/ccc(=C4C(=O)N(C)C(=O)N(C)C4=O)s3)sc2c(-c2c(C)cccc2C)c2cc(/C=c3/ccc(=C4C(=O)N(C)C(=O)N(C)C4=O)s3)sc12. The summed E-state index contributed by atoms with van der Waals surface area (Å²) in [5.41, 5.74) is 9.12. The zero-order valence-electron chi connectivity index (χ0n) is 35.0. The summed E-state index contributed by atoms with van der Waals surface area (Å²) in [5, 5.41) is 2.21. The Morgan fingerprint density at radius 2 is 0.742 bits per heavy atom. The maximum Gasteiger partial charge on any atom is 0.333 e. The number of rotatable bonds is 4. The highest BCUT2D eigenvalue weighted by Crippen LogP contribution is 2.51. The van der Waals surface area contributed by atoms with E-state index in [0.29, 0.717) is 9.06 Å². The molecule has 8 amide bonds. The number of nitrogens with zero attached hydrogens (tertiary/aromatic N) is 4. The van der Waals surface area contributed by atoms with Gasteiger partial charge < -0.3 is 0 Å². The lowest BCUT2D eigenvalue weighted by molar-refractivity contribution is -0.132. The molecule has 2 saturated heterocycles. The van der Waals surface area contributed by atoms with Crippen LogP contribution in [0.5, 0.6) is 0 Å². The molecule has 6 heterocycles. The van der Waals surface area contributed by atoms with Gasteiger partial charge in [-0.2, -0.15) is 0 Å². The predicted octanol–water partition coefficient (Wildman–Crippen LogP) is 6.87. The fraction of sp³-hybridized carbons (Fsp3) is 0.167. The predicted molar refractivity (Wildman–Crippen MR) is 250 cm³/mol. The Labute approximate surface area is 371 Å². The summed E-state index contributed by atoms with van der Waals surface area (Å²) in [5.74, 6) is -2.47. The second-order valence-electron chi connectivity index (χ2n) is 15.5. The molecule has 9 rings (SSSR count). The molecule has 62 heavy (non-hydrogen) atoms. The Hall–Kier alpha value is -6.32. The number of carbonyl (C=O) groups is 6. The van der Waals surface area contributed by atoms with Crippen molar-refractivity contribution >= 4 is 125 Å². The van der Waals surface area contributed by atoms with Gasteiger partial charge in [0.15, 0.2) is 0 Å². The molecule has 4 aromatic heterocycles. The zero-order chi connectivity index (χ0) is 44.0. The Morgan fingerprint density at radius 3 is 1.06 bits per heavy atom. The number of barbiturate groups is 2. The minimum Gasteiger partial charge on any atom is -0.268 e. The van der Waals surface area contributed by atoms with Crippen molar-refractivity contribution in [1.29, 1.82) is 0 Å². The molecule has 0 N–H and O–H groups in total. The van der Waals surface area contributed by atoms with Crippen LogP contribution < -0.4 is 18.1 Å². The molecular formula is C48H38N4O6S4. The third kappa shape index (κ3) is 6.48. The molecule has 0 atom stereocenters. The number of hydrogen-bond donors (Lipinski definition) is 0. The van der Waals surface area contributed by atoms with Gasteiger partial charge in [-0.15, -0.1) is 45.3 Å². The smallest absolute Gasteiger partial charge is 0.268 e. The van der Waals surface area contributed by atoms with E-state index in [0.717, 1.165) is 103 Å². The number of benzene rings is 3. The normalized spacial score (nSPS) is 15.9. The van der Waals surface area contributed by atoms with Gasteiger partial charge in [-0.05, 0) is 110 Å². The van der Waals surface area contributed by atoms with Gasteiger partial charge in [-0.1, -0.05) is 36.4 Å². The van der Waals surface area contributed by atoms with E-state index in [9.17, 15) is 28.8 Å². The quantitative estimate of drug-likeness (QED) is 0.191. The highest BCUT2D eigenvalue weighted by Gasteiger charge is 2.40. The second kappa shape index (κ2) is 15.2. The molecule has 3 aromatic carbocycles. The number of urea groups is 2. The van der Waals surface area contributed by atoms with Gasteiger partial charge in [0.2, 0.25) is 0 Å². The molecule has 2 fully saturated rings. The van der Waals surface area contributed by atoms with Crippen molar-refractivity contribution in [3.8, 4) is 22.3 Å². The van der Waals surface area contributed by atoms with E-state index in [4.69, 9.17) is 0 Å². The summed E-state index contributed by atoms with van der Waals surface area (Å²) in [6.07, 6.45) is 4.18. The number of hydrogen-bond acceptors (Lipinski definition) is 10. The van der Waals surface area contributed by atoms with E-state index in [-0.39, 0.29) is 11.1 Å². The number of fused-ring (bicyclic) bond motifs is 2. The van der Waals surface area contributed by atoms with Gasteiger partial charge in [0, 0.05) is 87.4 Å². The fourth-order valence-corrected chi connectivity index (χ4v) is 12.8. The summed E-state index contributed by atoms with van der Waals surface area (Å²) >= 11 is 6.06. The topological polar surface area (TPSA) is 115 Å². The monoisotopic (exact) mass is 894 g/mol. The van der Waals surface area contributed by atoms with Crippen LogP contribution in [0.2, 0.25) is 0 Å². The second-order valence-corrected chi connectivity index (χ2v) is 19.9. The Balaban J connectivity index is 1.31. The van der Waals surface area contributed by atoms with E-state index in [1.54, 1.807) is 34.8 Å². The molecule has 7 aromatic rings. The number of imide groups is 4. The van der Waals surface area contributed by atoms with Crippen molar-refractivity contribution in [2.24, 2.45) is 0 Å². The van der Waals surface area contributed by atoms with Crippen LogP contribution in [0.25, 0.3) is 65.7 Å². The maximum atomic E-state index is 13.1. The summed E-state index contributed by atoms with van der Waals surface area (Å²) in [4.78, 5) is 83.3. The van der Waals surface area contributed by atoms with Crippen LogP contribution in [0.15, 0.2) is 72.8 Å². The Morgan fingerprint density at radius 1 is 0.419 bits per heavy atom. The van der Waals surface area contributed by atoms with Crippen molar-refractivity contribution in [3.05, 3.63) is 123 Å². The maximum absolute atomic E-state index is 13.1. The van der Waals surface area contributed by atoms with Gasteiger partial charge in [0.1, 0.15) is 11.1 Å². The summed E-state index contributed by atoms with van der Waals surface area (Å²) in [6.45, 7) is 8.56. The lowest BCUT2D eigenvalue weighted by Crippen LogP contribution is -2.53. The van der Waals surface area contributed by atoms with Gasteiger partial charge >= 0.3 is 12.1 Å². The molecule has 0 spiro atoms. The molecule has 2 aliphatic heterocycles. The van der Waals surface area contributed by atoms with Crippen molar-refractivity contribution in [2.45, 2.75) is 27.7 Å². The van der Waals surface area contributed by atoms with Crippen LogP contribution in [0.4, 0.5) is 9.59 Å². The molecule has 0 unspecified atom stereocenters. The van der Waals surface area contributed by atoms with Crippen molar-refractivity contribution in [3.63, 3.8) is 0 Å². The Kier molecular flexibility index (Phi) is 10.1. The van der Waals surface area contributed by atoms with Crippen molar-refractivity contribution < 1.29 is 28.8 Å². The first-order valence-corrected chi connectivity index (χ1v) is 22.8. The largest absolute Gasteiger partial charge is 0.333 e. The minimum atomic E-state index is -0.660. The van der Waals surface area contributed by atoms with Gasteiger partial charge in [0.05, 0.1) is 0 Å². The van der Waals surface area contributed by atoms with Crippen LogP contribution in [0.1, 0.15) is 32.0 Å². The number of carbonyl (C=O) groups excluding carboxylic acids is 6. The summed E-state index contributed by atoms with van der Waals surface area (Å²) in [7, 11) is 5.51. The average Bonchev–Trinajstić information content (AvgIpc) is 4.06. The molecule has 0 saturated carbocycles. The van der Waals surface area contributed by atoms with Crippen LogP contribution >= 0.6 is 45.3 Å². The van der Waals surface area contributed by atoms with E-state index in [1.165, 1.54) is 50.9 Å². The number of amides is 8. The third-order valence-electron chi connectivity index (χ3n) is 11.5. The molecule has 14 heteroatoms. The van der Waals surface area contributed by atoms with Crippen molar-refractivity contribution in [1.82, 2.24) is 19.6 Å². The van der Waals surface area contributed by atoms with E-state index in [2.05, 4.69) is 88.4 Å². The first-order valence-electron chi connectivity index (χ1n) is 19.6. The van der Waals surface area contributed by atoms with Crippen LogP contribution in [0, 0.1) is 27.7 Å². The standard InChI is InChI=1S/C48H38N4O6S4/c1-23-11-9-12-24(2)35(23)37-31-21-29(19-27-15-17-33(59-27)39-43(53)49(5)47(57)50(6)44(39)54)62-42(31)38(36-25(3)13-10-14-26(36)4)32-22-30(61-41(32)37)20-28-16-18-34(60-28)40-45(55)51(7)48(58)52(8)46(40)56/h9-22H,1-8H3/b27-19-,28-20-.